The van der Waals surface area contributed by atoms with E-state index >= 15 is 0 Å². The van der Waals surface area contributed by atoms with Gasteiger partial charge in [-0.3, -0.25) is 9.69 Å². The molecule has 0 bridgehead atoms. The lowest BCUT2D eigenvalue weighted by atomic mass is 10.2. The molecule has 5 heteroatoms. The van der Waals surface area contributed by atoms with Crippen LogP contribution < -0.4 is 5.11 Å². The number of carbonyl (C=O) groups excluding carboxylic acids is 2. The van der Waals surface area contributed by atoms with Gasteiger partial charge in [0.05, 0.1) is 12.4 Å². The molecule has 0 radical (unpaired) electrons. The van der Waals surface area contributed by atoms with Crippen molar-refractivity contribution in [3.63, 3.8) is 0 Å². The summed E-state index contributed by atoms with van der Waals surface area (Å²) in [6.45, 7) is 3.57. The van der Waals surface area contributed by atoms with Crippen LogP contribution >= 0.6 is 0 Å². The first kappa shape index (κ1) is 13.5. The zero-order valence-corrected chi connectivity index (χ0v) is 10.7. The van der Waals surface area contributed by atoms with Gasteiger partial charge in [-0.05, 0) is 5.56 Å². The van der Waals surface area contributed by atoms with E-state index in [2.05, 4.69) is 17.0 Å². The average Bonchev–Trinajstić information content (AvgIpc) is 2.40. The minimum Gasteiger partial charge on any atom is -0.550 e. The molecular weight excluding hydrogens is 244 g/mol. The molecular formula is C14H17N2O3-. The number of carboxylic acids is 1. The van der Waals surface area contributed by atoms with Crippen LogP contribution in [0.15, 0.2) is 30.3 Å². The predicted octanol–water partition coefficient (Wildman–Crippen LogP) is -0.529. The Morgan fingerprint density at radius 2 is 1.68 bits per heavy atom. The summed E-state index contributed by atoms with van der Waals surface area (Å²) < 4.78 is 0. The zero-order chi connectivity index (χ0) is 13.7. The molecule has 0 aromatic heterocycles. The van der Waals surface area contributed by atoms with Crippen LogP contribution in [0, 0.1) is 0 Å². The molecule has 2 rings (SSSR count). The Morgan fingerprint density at radius 1 is 1.05 bits per heavy atom. The summed E-state index contributed by atoms with van der Waals surface area (Å²) in [4.78, 5) is 25.8. The van der Waals surface area contributed by atoms with Crippen LogP contribution in [0.3, 0.4) is 0 Å². The van der Waals surface area contributed by atoms with Gasteiger partial charge in [0, 0.05) is 32.7 Å². The molecule has 5 nitrogen and oxygen atoms in total. The normalized spacial score (nSPS) is 16.3. The first-order chi connectivity index (χ1) is 9.15. The van der Waals surface area contributed by atoms with Gasteiger partial charge in [0.1, 0.15) is 0 Å². The number of carbonyl (C=O) groups is 2. The Hall–Kier alpha value is -1.88. The standard InChI is InChI=1S/C14H18N2O3/c17-13(10-14(18)19)16-8-6-15(7-9-16)11-12-4-2-1-3-5-12/h1-5H,6-11H2,(H,18,19)/p-1. The van der Waals surface area contributed by atoms with Gasteiger partial charge in [0.25, 0.3) is 0 Å². The molecule has 1 aliphatic rings. The molecule has 1 amide bonds. The third-order valence-corrected chi connectivity index (χ3v) is 3.27. The Morgan fingerprint density at radius 3 is 2.26 bits per heavy atom. The molecule has 0 N–H and O–H groups in total. The number of carboxylic acid groups (broad SMARTS) is 1. The Kier molecular flexibility index (Phi) is 4.52. The number of nitrogens with zero attached hydrogens (tertiary/aromatic N) is 2. The Bertz CT molecular complexity index is 439. The molecule has 102 valence electrons. The smallest absolute Gasteiger partial charge is 0.228 e. The van der Waals surface area contributed by atoms with Gasteiger partial charge in [-0.1, -0.05) is 30.3 Å². The van der Waals surface area contributed by atoms with Crippen molar-refractivity contribution in [2.45, 2.75) is 13.0 Å². The maximum absolute atomic E-state index is 11.6. The molecule has 0 saturated carbocycles. The summed E-state index contributed by atoms with van der Waals surface area (Å²) in [5, 5.41) is 10.4. The van der Waals surface area contributed by atoms with Crippen LogP contribution in [0.25, 0.3) is 0 Å². The van der Waals surface area contributed by atoms with Gasteiger partial charge < -0.3 is 14.8 Å². The Labute approximate surface area is 112 Å². The minimum atomic E-state index is -1.31. The number of hydrogen-bond donors (Lipinski definition) is 0. The van der Waals surface area contributed by atoms with E-state index in [1.807, 2.05) is 18.2 Å². The second-order valence-corrected chi connectivity index (χ2v) is 4.69. The van der Waals surface area contributed by atoms with E-state index < -0.39 is 12.4 Å². The lowest BCUT2D eigenvalue weighted by molar-refractivity contribution is -0.304. The van der Waals surface area contributed by atoms with Crippen molar-refractivity contribution in [3.05, 3.63) is 35.9 Å². The fraction of sp³-hybridized carbons (Fsp3) is 0.429. The maximum atomic E-state index is 11.6. The van der Waals surface area contributed by atoms with Gasteiger partial charge in [-0.15, -0.1) is 0 Å². The molecule has 1 heterocycles. The highest BCUT2D eigenvalue weighted by atomic mass is 16.4. The Balaban J connectivity index is 1.79. The molecule has 0 spiro atoms. The summed E-state index contributed by atoms with van der Waals surface area (Å²) in [6, 6.07) is 10.2. The van der Waals surface area contributed by atoms with Gasteiger partial charge >= 0.3 is 0 Å². The van der Waals surface area contributed by atoms with E-state index in [9.17, 15) is 14.7 Å². The first-order valence-electron chi connectivity index (χ1n) is 6.39. The molecule has 1 aliphatic heterocycles. The van der Waals surface area contributed by atoms with Gasteiger partial charge in [0.15, 0.2) is 0 Å². The number of rotatable bonds is 4. The van der Waals surface area contributed by atoms with Crippen LogP contribution in [0.1, 0.15) is 12.0 Å². The first-order valence-corrected chi connectivity index (χ1v) is 6.39. The number of piperazine rings is 1. The summed E-state index contributed by atoms with van der Waals surface area (Å²) in [6.07, 6.45) is -0.515. The van der Waals surface area contributed by atoms with Crippen LogP contribution in [0.2, 0.25) is 0 Å². The highest BCUT2D eigenvalue weighted by molar-refractivity contribution is 5.92. The molecule has 0 atom stereocenters. The molecule has 1 saturated heterocycles. The highest BCUT2D eigenvalue weighted by Crippen LogP contribution is 2.09. The van der Waals surface area contributed by atoms with E-state index in [1.54, 1.807) is 4.90 Å². The van der Waals surface area contributed by atoms with Crippen molar-refractivity contribution in [2.24, 2.45) is 0 Å². The van der Waals surface area contributed by atoms with Gasteiger partial charge in [-0.25, -0.2) is 0 Å². The van der Waals surface area contributed by atoms with Crippen molar-refractivity contribution < 1.29 is 14.7 Å². The quantitative estimate of drug-likeness (QED) is 0.684. The number of hydrogen-bond acceptors (Lipinski definition) is 4. The minimum absolute atomic E-state index is 0.348. The average molecular weight is 261 g/mol. The molecule has 0 aliphatic carbocycles. The van der Waals surface area contributed by atoms with E-state index in [0.29, 0.717) is 13.1 Å². The second-order valence-electron chi connectivity index (χ2n) is 4.69. The third kappa shape index (κ3) is 4.06. The number of benzene rings is 1. The van der Waals surface area contributed by atoms with Crippen LogP contribution in [-0.2, 0) is 16.1 Å². The number of aliphatic carboxylic acids is 1. The lowest BCUT2D eigenvalue weighted by Gasteiger charge is -2.34. The van der Waals surface area contributed by atoms with E-state index in [-0.39, 0.29) is 5.91 Å². The van der Waals surface area contributed by atoms with Crippen LogP contribution in [0.4, 0.5) is 0 Å². The fourth-order valence-corrected chi connectivity index (χ4v) is 2.23. The molecule has 0 unspecified atom stereocenters. The maximum Gasteiger partial charge on any atom is 0.228 e. The van der Waals surface area contributed by atoms with Crippen molar-refractivity contribution in [1.82, 2.24) is 9.80 Å². The topological polar surface area (TPSA) is 63.7 Å². The largest absolute Gasteiger partial charge is 0.550 e. The summed E-state index contributed by atoms with van der Waals surface area (Å²) in [7, 11) is 0. The van der Waals surface area contributed by atoms with Gasteiger partial charge in [-0.2, -0.15) is 0 Å². The van der Waals surface area contributed by atoms with E-state index in [0.717, 1.165) is 19.6 Å². The third-order valence-electron chi connectivity index (χ3n) is 3.27. The number of amides is 1. The van der Waals surface area contributed by atoms with Gasteiger partial charge in [0.2, 0.25) is 5.91 Å². The highest BCUT2D eigenvalue weighted by Gasteiger charge is 2.20. The van der Waals surface area contributed by atoms with Crippen LogP contribution in [-0.4, -0.2) is 47.9 Å². The summed E-state index contributed by atoms with van der Waals surface area (Å²) in [5.41, 5.74) is 1.25. The molecule has 1 fully saturated rings. The SMILES string of the molecule is O=C([O-])CC(=O)N1CCN(Cc2ccccc2)CC1. The lowest BCUT2D eigenvalue weighted by Crippen LogP contribution is -2.49. The fourth-order valence-electron chi connectivity index (χ4n) is 2.23. The molecule has 1 aromatic rings. The molecule has 1 aromatic carbocycles. The monoisotopic (exact) mass is 261 g/mol. The molecule has 19 heavy (non-hydrogen) atoms. The van der Waals surface area contributed by atoms with Crippen LogP contribution in [0.5, 0.6) is 0 Å². The van der Waals surface area contributed by atoms with Crippen molar-refractivity contribution in [1.29, 1.82) is 0 Å². The summed E-state index contributed by atoms with van der Waals surface area (Å²) in [5.74, 6) is -1.66. The van der Waals surface area contributed by atoms with Crippen molar-refractivity contribution >= 4 is 11.9 Å². The van der Waals surface area contributed by atoms with Crippen molar-refractivity contribution in [2.75, 3.05) is 26.2 Å². The predicted molar refractivity (Wildman–Crippen MR) is 67.9 cm³/mol. The van der Waals surface area contributed by atoms with Crippen molar-refractivity contribution in [3.8, 4) is 0 Å². The summed E-state index contributed by atoms with van der Waals surface area (Å²) >= 11 is 0. The second kappa shape index (κ2) is 6.33. The zero-order valence-electron chi connectivity index (χ0n) is 10.7. The van der Waals surface area contributed by atoms with E-state index in [4.69, 9.17) is 0 Å². The van der Waals surface area contributed by atoms with E-state index in [1.165, 1.54) is 5.56 Å².